The van der Waals surface area contributed by atoms with Crippen molar-refractivity contribution in [2.75, 3.05) is 32.8 Å². The van der Waals surface area contributed by atoms with Crippen molar-refractivity contribution >= 4 is 0 Å². The first-order chi connectivity index (χ1) is 9.38. The highest BCUT2D eigenvalue weighted by molar-refractivity contribution is 5.06. The molecule has 0 unspecified atom stereocenters. The van der Waals surface area contributed by atoms with Crippen LogP contribution in [0.4, 0.5) is 0 Å². The fourth-order valence-electron chi connectivity index (χ4n) is 3.48. The molecule has 4 heteroatoms. The number of hydrogen-bond acceptors (Lipinski definition) is 4. The summed E-state index contributed by atoms with van der Waals surface area (Å²) < 4.78 is 10.9. The Morgan fingerprint density at radius 3 is 2.58 bits per heavy atom. The van der Waals surface area contributed by atoms with Gasteiger partial charge in [-0.1, -0.05) is 0 Å². The van der Waals surface area contributed by atoms with E-state index in [9.17, 15) is 0 Å². The molecule has 1 aromatic rings. The van der Waals surface area contributed by atoms with Crippen LogP contribution < -0.4 is 0 Å². The summed E-state index contributed by atoms with van der Waals surface area (Å²) in [6, 6.07) is 3.27. The molecule has 3 fully saturated rings. The van der Waals surface area contributed by atoms with Crippen molar-refractivity contribution in [3.8, 4) is 0 Å². The summed E-state index contributed by atoms with van der Waals surface area (Å²) in [5.41, 5.74) is 1.29. The molecule has 104 valence electrons. The van der Waals surface area contributed by atoms with E-state index in [1.54, 1.807) is 6.26 Å². The van der Waals surface area contributed by atoms with Crippen LogP contribution in [0.2, 0.25) is 0 Å². The summed E-state index contributed by atoms with van der Waals surface area (Å²) in [4.78, 5) is 5.29. The quantitative estimate of drug-likeness (QED) is 0.823. The lowest BCUT2D eigenvalue weighted by Crippen LogP contribution is -2.64. The minimum Gasteiger partial charge on any atom is -0.472 e. The highest BCUT2D eigenvalue weighted by Gasteiger charge is 2.40. The second-order valence-corrected chi connectivity index (χ2v) is 6.31. The average molecular weight is 262 g/mol. The molecule has 0 radical (unpaired) electrons. The number of piperazine rings is 1. The van der Waals surface area contributed by atoms with E-state index in [0.717, 1.165) is 38.8 Å². The van der Waals surface area contributed by atoms with Crippen molar-refractivity contribution in [3.63, 3.8) is 0 Å². The lowest BCUT2D eigenvalue weighted by molar-refractivity contribution is -0.100. The van der Waals surface area contributed by atoms with Crippen LogP contribution in [0.5, 0.6) is 0 Å². The van der Waals surface area contributed by atoms with Crippen molar-refractivity contribution in [1.29, 1.82) is 0 Å². The van der Waals surface area contributed by atoms with Gasteiger partial charge in [-0.25, -0.2) is 0 Å². The maximum absolute atomic E-state index is 5.77. The Hall–Kier alpha value is -0.840. The van der Waals surface area contributed by atoms with Crippen LogP contribution in [0.15, 0.2) is 23.0 Å². The van der Waals surface area contributed by atoms with Crippen molar-refractivity contribution < 1.29 is 9.15 Å². The standard InChI is InChI=1S/C15H22N2O2/c1-2-12(1)6-17-14-7-16(5-13-3-4-18-9-13)8-15(17)11-19-10-14/h3-4,9,12,14-15H,1-2,5-8,10-11H2/t14-,15+. The fraction of sp³-hybridized carbons (Fsp3) is 0.733. The number of nitrogens with zero attached hydrogens (tertiary/aromatic N) is 2. The number of rotatable bonds is 4. The van der Waals surface area contributed by atoms with Gasteiger partial charge in [0.05, 0.1) is 25.7 Å². The normalized spacial score (nSPS) is 32.6. The lowest BCUT2D eigenvalue weighted by Gasteiger charge is -2.50. The smallest absolute Gasteiger partial charge is 0.0947 e. The maximum Gasteiger partial charge on any atom is 0.0947 e. The molecular weight excluding hydrogens is 240 g/mol. The van der Waals surface area contributed by atoms with Gasteiger partial charge in [-0.15, -0.1) is 0 Å². The van der Waals surface area contributed by atoms with Gasteiger partial charge in [0.2, 0.25) is 0 Å². The van der Waals surface area contributed by atoms with Gasteiger partial charge >= 0.3 is 0 Å². The molecule has 0 spiro atoms. The molecule has 2 saturated heterocycles. The van der Waals surface area contributed by atoms with Crippen LogP contribution in [-0.2, 0) is 11.3 Å². The summed E-state index contributed by atoms with van der Waals surface area (Å²) in [5.74, 6) is 0.975. The Labute approximate surface area is 114 Å². The largest absolute Gasteiger partial charge is 0.472 e. The highest BCUT2D eigenvalue weighted by Crippen LogP contribution is 2.33. The van der Waals surface area contributed by atoms with Gasteiger partial charge in [-0.2, -0.15) is 0 Å². The summed E-state index contributed by atoms with van der Waals surface area (Å²) in [7, 11) is 0. The third-order valence-electron chi connectivity index (χ3n) is 4.65. The third kappa shape index (κ3) is 2.57. The zero-order valence-corrected chi connectivity index (χ0v) is 11.3. The van der Waals surface area contributed by atoms with E-state index in [1.807, 2.05) is 6.26 Å². The van der Waals surface area contributed by atoms with E-state index in [0.29, 0.717) is 12.1 Å². The second-order valence-electron chi connectivity index (χ2n) is 6.31. The van der Waals surface area contributed by atoms with E-state index < -0.39 is 0 Å². The van der Waals surface area contributed by atoms with Gasteiger partial charge in [0, 0.05) is 43.8 Å². The minimum atomic E-state index is 0.597. The molecule has 0 aromatic carbocycles. The molecule has 2 atom stereocenters. The van der Waals surface area contributed by atoms with Gasteiger partial charge in [-0.3, -0.25) is 9.80 Å². The van der Waals surface area contributed by atoms with E-state index >= 15 is 0 Å². The summed E-state index contributed by atoms with van der Waals surface area (Å²) >= 11 is 0. The maximum atomic E-state index is 5.77. The summed E-state index contributed by atoms with van der Waals surface area (Å²) in [6.45, 7) is 6.40. The molecule has 2 aliphatic heterocycles. The van der Waals surface area contributed by atoms with Crippen LogP contribution in [0.1, 0.15) is 18.4 Å². The Kier molecular flexibility index (Phi) is 3.10. The highest BCUT2D eigenvalue weighted by atomic mass is 16.5. The topological polar surface area (TPSA) is 28.9 Å². The fourth-order valence-corrected chi connectivity index (χ4v) is 3.48. The number of hydrogen-bond donors (Lipinski definition) is 0. The van der Waals surface area contributed by atoms with E-state index in [4.69, 9.17) is 9.15 Å². The molecule has 1 saturated carbocycles. The first-order valence-electron chi connectivity index (χ1n) is 7.45. The van der Waals surface area contributed by atoms with Gasteiger partial charge in [0.1, 0.15) is 0 Å². The molecule has 3 heterocycles. The first kappa shape index (κ1) is 11.9. The number of morpholine rings is 1. The zero-order chi connectivity index (χ0) is 12.7. The molecule has 3 aliphatic rings. The van der Waals surface area contributed by atoms with Gasteiger partial charge in [0.25, 0.3) is 0 Å². The summed E-state index contributed by atoms with van der Waals surface area (Å²) in [6.07, 6.45) is 6.51. The van der Waals surface area contributed by atoms with E-state index in [2.05, 4.69) is 15.9 Å². The van der Waals surface area contributed by atoms with Gasteiger partial charge < -0.3 is 9.15 Å². The molecule has 1 aromatic heterocycles. The molecule has 0 N–H and O–H groups in total. The van der Waals surface area contributed by atoms with Crippen molar-refractivity contribution in [3.05, 3.63) is 24.2 Å². The van der Waals surface area contributed by atoms with E-state index in [1.165, 1.54) is 24.9 Å². The summed E-state index contributed by atoms with van der Waals surface area (Å²) in [5, 5.41) is 0. The van der Waals surface area contributed by atoms with Gasteiger partial charge in [-0.05, 0) is 24.8 Å². The number of furan rings is 1. The average Bonchev–Trinajstić information content (AvgIpc) is 3.05. The Bertz CT molecular complexity index is 402. The monoisotopic (exact) mass is 262 g/mol. The third-order valence-corrected chi connectivity index (χ3v) is 4.65. The Morgan fingerprint density at radius 2 is 1.95 bits per heavy atom. The predicted molar refractivity (Wildman–Crippen MR) is 71.8 cm³/mol. The van der Waals surface area contributed by atoms with Crippen molar-refractivity contribution in [1.82, 2.24) is 9.80 Å². The van der Waals surface area contributed by atoms with E-state index in [-0.39, 0.29) is 0 Å². The first-order valence-corrected chi connectivity index (χ1v) is 7.45. The second kappa shape index (κ2) is 4.93. The molecule has 2 bridgehead atoms. The van der Waals surface area contributed by atoms with Crippen molar-refractivity contribution in [2.45, 2.75) is 31.5 Å². The van der Waals surface area contributed by atoms with Crippen LogP contribution in [0, 0.1) is 5.92 Å². The number of fused-ring (bicyclic) bond motifs is 2. The molecule has 1 aliphatic carbocycles. The number of ether oxygens (including phenoxy) is 1. The molecular formula is C15H22N2O2. The Morgan fingerprint density at radius 1 is 1.16 bits per heavy atom. The molecule has 4 rings (SSSR count). The predicted octanol–water partition coefficient (Wildman–Crippen LogP) is 1.57. The molecule has 4 nitrogen and oxygen atoms in total. The molecule has 0 amide bonds. The molecule has 19 heavy (non-hydrogen) atoms. The lowest BCUT2D eigenvalue weighted by atomic mass is 10.0. The minimum absolute atomic E-state index is 0.597. The Balaban J connectivity index is 1.42. The van der Waals surface area contributed by atoms with Crippen LogP contribution >= 0.6 is 0 Å². The SMILES string of the molecule is c1cc(CN2C[C@H]3COC[C@@H](C2)N3CC2CC2)co1. The van der Waals surface area contributed by atoms with Crippen LogP contribution in [0.25, 0.3) is 0 Å². The van der Waals surface area contributed by atoms with Crippen molar-refractivity contribution in [2.24, 2.45) is 5.92 Å². The van der Waals surface area contributed by atoms with Crippen LogP contribution in [0.3, 0.4) is 0 Å². The van der Waals surface area contributed by atoms with Gasteiger partial charge in [0.15, 0.2) is 0 Å². The van der Waals surface area contributed by atoms with Crippen LogP contribution in [-0.4, -0.2) is 54.7 Å². The zero-order valence-electron chi connectivity index (χ0n) is 11.3.